The molecule has 1 aromatic heterocycles. The lowest BCUT2D eigenvalue weighted by Crippen LogP contribution is -2.80. The van der Waals surface area contributed by atoms with Crippen LogP contribution in [0.4, 0.5) is 4.39 Å². The zero-order valence-electron chi connectivity index (χ0n) is 37.8. The van der Waals surface area contributed by atoms with Gasteiger partial charge in [-0.3, -0.25) is 24.2 Å². The number of hydrogen-bond donors (Lipinski definition) is 3. The fraction of sp³-hybridized carbons (Fsp3) is 0.714. The number of aromatic nitrogens is 3. The molecule has 4 heterocycles. The zero-order valence-corrected chi connectivity index (χ0v) is 40.8. The van der Waals surface area contributed by atoms with Crippen LogP contribution < -0.4 is 5.43 Å². The summed E-state index contributed by atoms with van der Waals surface area (Å²) in [5, 5.41) is 32.4. The number of carbonyl (C=O) groups excluding carboxylic acids is 4. The number of hydrazine groups is 1. The molecule has 0 saturated carbocycles. The monoisotopic (exact) mass is 1040 g/mol. The summed E-state index contributed by atoms with van der Waals surface area (Å²) in [7, 11) is 1.15. The normalized spacial score (nSPS) is 35.5. The van der Waals surface area contributed by atoms with Gasteiger partial charge in [0.05, 0.1) is 28.4 Å². The van der Waals surface area contributed by atoms with E-state index >= 15 is 0 Å². The Labute approximate surface area is 387 Å². The van der Waals surface area contributed by atoms with E-state index in [2.05, 4.69) is 15.7 Å². The molecule has 0 aliphatic carbocycles. The number of amides is 1. The van der Waals surface area contributed by atoms with E-state index in [9.17, 15) is 42.2 Å². The Hall–Kier alpha value is -3.07. The number of aliphatic hydroxyl groups is 2. The van der Waals surface area contributed by atoms with Crippen molar-refractivity contribution in [2.45, 2.75) is 136 Å². The number of benzene rings is 1. The number of sulfone groups is 1. The van der Waals surface area contributed by atoms with Crippen molar-refractivity contribution in [1.29, 1.82) is 0 Å². The predicted octanol–water partition coefficient (Wildman–Crippen LogP) is 1.93. The second-order valence-corrected chi connectivity index (χ2v) is 20.9. The van der Waals surface area contributed by atoms with Crippen molar-refractivity contribution in [1.82, 2.24) is 30.3 Å². The molecule has 1 amide bonds. The van der Waals surface area contributed by atoms with Gasteiger partial charge >= 0.3 is 5.97 Å². The van der Waals surface area contributed by atoms with E-state index in [4.69, 9.17) is 23.7 Å². The van der Waals surface area contributed by atoms with Gasteiger partial charge in [-0.05, 0) is 87.9 Å². The Morgan fingerprint density at radius 1 is 1.11 bits per heavy atom. The number of hydrogen-bond acceptors (Lipinski definition) is 17. The number of cyclic esters (lactones) is 1. The maximum atomic E-state index is 14.4. The van der Waals surface area contributed by atoms with Crippen LogP contribution in [0.5, 0.6) is 0 Å². The zero-order chi connectivity index (χ0) is 47.6. The summed E-state index contributed by atoms with van der Waals surface area (Å²) >= 11 is 1.87. The van der Waals surface area contributed by atoms with Gasteiger partial charge in [-0.2, -0.15) is 0 Å². The van der Waals surface area contributed by atoms with Gasteiger partial charge in [0.1, 0.15) is 48.5 Å². The topological polar surface area (TPSA) is 238 Å². The maximum Gasteiger partial charge on any atom is 0.317 e. The summed E-state index contributed by atoms with van der Waals surface area (Å²) in [6.07, 6.45) is -1.67. The van der Waals surface area contributed by atoms with Gasteiger partial charge in [0.25, 0.3) is 0 Å². The number of methoxy groups -OCH3 is 2. The third kappa shape index (κ3) is 10.7. The Bertz CT molecular complexity index is 2090. The molecule has 0 bridgehead atoms. The number of likely N-dealkylation sites (N-methyl/N-ethyl adjacent to an activating group) is 1. The van der Waals surface area contributed by atoms with E-state index in [1.807, 2.05) is 34.4 Å². The molecule has 3 saturated heterocycles. The molecule has 0 radical (unpaired) electrons. The number of esters is 1. The number of ketones is 2. The Kier molecular flexibility index (Phi) is 16.9. The summed E-state index contributed by atoms with van der Waals surface area (Å²) in [6.45, 7) is 9.24. The fourth-order valence-corrected chi connectivity index (χ4v) is 10.5. The third-order valence-electron chi connectivity index (χ3n) is 13.2. The highest BCUT2D eigenvalue weighted by molar-refractivity contribution is 14.1. The van der Waals surface area contributed by atoms with E-state index in [-0.39, 0.29) is 17.1 Å². The van der Waals surface area contributed by atoms with E-state index in [1.54, 1.807) is 34.7 Å². The van der Waals surface area contributed by atoms with E-state index in [1.165, 1.54) is 61.3 Å². The highest BCUT2D eigenvalue weighted by atomic mass is 127. The second kappa shape index (κ2) is 20.8. The molecule has 3 aliphatic heterocycles. The van der Waals surface area contributed by atoms with Crippen LogP contribution in [-0.2, 0) is 59.1 Å². The molecule has 3 N–H and O–H groups in total. The van der Waals surface area contributed by atoms with Crippen LogP contribution in [0.15, 0.2) is 35.4 Å². The van der Waals surface area contributed by atoms with Crippen LogP contribution in [-0.4, -0.2) is 166 Å². The summed E-state index contributed by atoms with van der Waals surface area (Å²) in [5.41, 5.74) is 0.945. The van der Waals surface area contributed by atoms with Crippen molar-refractivity contribution in [3.05, 3.63) is 41.7 Å². The first kappa shape index (κ1) is 51.9. The molecule has 64 heavy (non-hydrogen) atoms. The van der Waals surface area contributed by atoms with Gasteiger partial charge in [0.15, 0.2) is 31.8 Å². The van der Waals surface area contributed by atoms with E-state index in [0.29, 0.717) is 37.1 Å². The number of rotatable bonds is 14. The molecule has 0 spiro atoms. The number of Topliss-reactive ketones (excluding diaryl/α,β-unsaturated/α-hetero) is 2. The fourth-order valence-electron chi connectivity index (χ4n) is 8.97. The average Bonchev–Trinajstić information content (AvgIpc) is 3.72. The minimum Gasteiger partial charge on any atom is -0.448 e. The van der Waals surface area contributed by atoms with Gasteiger partial charge in [-0.1, -0.05) is 31.2 Å². The molecular weight excluding hydrogens is 974 g/mol. The average molecular weight is 1040 g/mol. The first-order valence-corrected chi connectivity index (χ1v) is 24.3. The number of carbonyl (C=O) groups is 4. The predicted molar refractivity (Wildman–Crippen MR) is 235 cm³/mol. The molecule has 5 rings (SSSR count). The maximum absolute atomic E-state index is 14.4. The van der Waals surface area contributed by atoms with Crippen molar-refractivity contribution >= 4 is 56.4 Å². The van der Waals surface area contributed by atoms with Crippen LogP contribution in [0.25, 0.3) is 0 Å². The first-order valence-electron chi connectivity index (χ1n) is 21.1. The smallest absolute Gasteiger partial charge is 0.317 e. The van der Waals surface area contributed by atoms with Crippen LogP contribution in [0.1, 0.15) is 77.8 Å². The Morgan fingerprint density at radius 3 is 2.34 bits per heavy atom. The summed E-state index contributed by atoms with van der Waals surface area (Å²) in [5.74, 6) is -4.74. The Morgan fingerprint density at radius 2 is 1.77 bits per heavy atom. The molecular formula is C42H62FIN6O13S. The van der Waals surface area contributed by atoms with Crippen molar-refractivity contribution in [3.63, 3.8) is 0 Å². The van der Waals surface area contributed by atoms with Gasteiger partial charge in [0, 0.05) is 57.5 Å². The molecule has 3 aliphatic rings. The standard InChI is InChI=1S/C42H62FIN6O13S/c1-22-18-41(5,59-8)37(24(3)33(53)25(4)38(56)63-40(44)42(6,60-9)36-31(32(22)52)46-50(36)21-51)62-39-35(55)29(17-23(2)61-39)48(7)16-15-27-20-49(47-45-27)30(19-43)34(54)26-11-13-28(14-12-26)64(10,57)58/h11-14,20-25,29-31,34-37,39-40,46,54-55H,15-19H2,1-10H3/t22-,23-,24+,25-,29+,30-,31+,34-,35-,36-,37-,39+,40+,41-,42+/m1/s1. The minimum atomic E-state index is -3.46. The number of alkyl halides is 2. The van der Waals surface area contributed by atoms with Crippen molar-refractivity contribution in [2.24, 2.45) is 17.8 Å². The lowest BCUT2D eigenvalue weighted by atomic mass is 9.75. The summed E-state index contributed by atoms with van der Waals surface area (Å²) < 4.78 is 68.9. The van der Waals surface area contributed by atoms with Crippen LogP contribution in [0, 0.1) is 17.8 Å². The highest BCUT2D eigenvalue weighted by Gasteiger charge is 2.59. The molecule has 358 valence electrons. The highest BCUT2D eigenvalue weighted by Crippen LogP contribution is 2.41. The summed E-state index contributed by atoms with van der Waals surface area (Å²) in [4.78, 5) is 56.1. The largest absolute Gasteiger partial charge is 0.448 e. The summed E-state index contributed by atoms with van der Waals surface area (Å²) in [6, 6.07) is 2.08. The molecule has 0 unspecified atom stereocenters. The number of halogens is 2. The van der Waals surface area contributed by atoms with Crippen LogP contribution >= 0.6 is 22.6 Å². The van der Waals surface area contributed by atoms with Crippen LogP contribution in [0.3, 0.4) is 0 Å². The minimum absolute atomic E-state index is 0.0327. The molecule has 15 atom stereocenters. The van der Waals surface area contributed by atoms with Gasteiger partial charge in [-0.15, -0.1) is 5.10 Å². The lowest BCUT2D eigenvalue weighted by Gasteiger charge is -2.55. The number of fused-ring (bicyclic) bond motifs is 1. The number of aliphatic hydroxyl groups excluding tert-OH is 2. The Balaban J connectivity index is 1.34. The molecule has 19 nitrogen and oxygen atoms in total. The molecule has 2 aromatic rings. The van der Waals surface area contributed by atoms with Gasteiger partial charge in [0.2, 0.25) is 6.41 Å². The first-order chi connectivity index (χ1) is 30.0. The van der Waals surface area contributed by atoms with Crippen LogP contribution in [0.2, 0.25) is 0 Å². The van der Waals surface area contributed by atoms with Crippen molar-refractivity contribution < 1.29 is 65.9 Å². The van der Waals surface area contributed by atoms with Gasteiger partial charge < -0.3 is 38.8 Å². The second-order valence-electron chi connectivity index (χ2n) is 17.7. The number of ether oxygens (including phenoxy) is 5. The number of nitrogens with one attached hydrogen (secondary N) is 1. The number of nitrogens with zero attached hydrogens (tertiary/aromatic N) is 5. The molecule has 3 fully saturated rings. The quantitative estimate of drug-likeness (QED) is 0.0806. The SMILES string of the molecule is CO[C@]1(C)[C@@H](I)OC(=O)[C@H](C)C(=O)[C@H](C)[C@@H](O[C@@H]2O[C@H](C)C[C@H](N(C)CCc3cn([C@H](CF)[C@H](O)c4ccc(S(C)(=O)=O)cc4)nn3)[C@H]2O)[C@](C)(OC)C[C@@H](C)C(=O)[C@@H]2NN(C=O)[C@H]21. The molecule has 1 aromatic carbocycles. The lowest BCUT2D eigenvalue weighted by molar-refractivity contribution is -0.296. The van der Waals surface area contributed by atoms with Crippen molar-refractivity contribution in [2.75, 3.05) is 40.7 Å². The van der Waals surface area contributed by atoms with Crippen molar-refractivity contribution in [3.8, 4) is 0 Å². The van der Waals surface area contributed by atoms with E-state index in [0.717, 1.165) is 6.26 Å². The van der Waals surface area contributed by atoms with E-state index < -0.39 is 116 Å². The third-order valence-corrected chi connectivity index (χ3v) is 15.8. The molecule has 22 heteroatoms. The van der Waals surface area contributed by atoms with Gasteiger partial charge in [-0.25, -0.2) is 22.9 Å².